The van der Waals surface area contributed by atoms with E-state index in [-0.39, 0.29) is 12.0 Å². The molecule has 1 heterocycles. The van der Waals surface area contributed by atoms with E-state index in [0.717, 1.165) is 10.0 Å². The van der Waals surface area contributed by atoms with Crippen LogP contribution in [0.3, 0.4) is 0 Å². The van der Waals surface area contributed by atoms with Crippen LogP contribution < -0.4 is 5.32 Å². The summed E-state index contributed by atoms with van der Waals surface area (Å²) >= 11 is 3.57. The third-order valence-electron chi connectivity index (χ3n) is 3.80. The van der Waals surface area contributed by atoms with Crippen molar-refractivity contribution in [3.8, 4) is 11.4 Å². The Balaban J connectivity index is 2.36. The quantitative estimate of drug-likeness (QED) is 0.878. The van der Waals surface area contributed by atoms with Gasteiger partial charge in [0.15, 0.2) is 0 Å². The highest BCUT2D eigenvalue weighted by atomic mass is 79.9. The first kappa shape index (κ1) is 16.2. The van der Waals surface area contributed by atoms with E-state index >= 15 is 0 Å². The molecule has 0 fully saturated rings. The highest BCUT2D eigenvalue weighted by Crippen LogP contribution is 2.31. The van der Waals surface area contributed by atoms with Gasteiger partial charge in [-0.25, -0.2) is 0 Å². The summed E-state index contributed by atoms with van der Waals surface area (Å²) in [5, 5.41) is 7.43. The lowest BCUT2D eigenvalue weighted by atomic mass is 9.89. The molecule has 1 aromatic carbocycles. The van der Waals surface area contributed by atoms with E-state index < -0.39 is 0 Å². The van der Waals surface area contributed by atoms with Crippen LogP contribution in [0.1, 0.15) is 38.1 Å². The normalized spacial score (nSPS) is 14.4. The monoisotopic (exact) mass is 351 g/mol. The van der Waals surface area contributed by atoms with Crippen molar-refractivity contribution in [3.63, 3.8) is 0 Å². The molecule has 5 heteroatoms. The average molecular weight is 352 g/mol. The molecule has 2 unspecified atom stereocenters. The Kier molecular flexibility index (Phi) is 5.17. The second-order valence-electron chi connectivity index (χ2n) is 5.79. The fourth-order valence-electron chi connectivity index (χ4n) is 2.54. The molecule has 0 spiro atoms. The Hall–Kier alpha value is -1.20. The number of halogens is 1. The van der Waals surface area contributed by atoms with Crippen LogP contribution in [0.25, 0.3) is 11.4 Å². The van der Waals surface area contributed by atoms with Crippen LogP contribution in [0, 0.1) is 12.8 Å². The summed E-state index contributed by atoms with van der Waals surface area (Å²) in [6, 6.07) is 6.40. The first-order valence-electron chi connectivity index (χ1n) is 7.21. The molecule has 0 saturated carbocycles. The van der Waals surface area contributed by atoms with Gasteiger partial charge in [0.2, 0.25) is 11.7 Å². The molecular weight excluding hydrogens is 330 g/mol. The molecule has 0 aliphatic heterocycles. The zero-order valence-electron chi connectivity index (χ0n) is 13.1. The van der Waals surface area contributed by atoms with Crippen molar-refractivity contribution < 1.29 is 4.52 Å². The third-order valence-corrected chi connectivity index (χ3v) is 4.46. The van der Waals surface area contributed by atoms with Crippen LogP contribution in [0.4, 0.5) is 0 Å². The highest BCUT2D eigenvalue weighted by Gasteiger charge is 2.27. The minimum atomic E-state index is 0.195. The molecule has 114 valence electrons. The van der Waals surface area contributed by atoms with Gasteiger partial charge in [-0.2, -0.15) is 4.98 Å². The predicted molar refractivity (Wildman–Crippen MR) is 88.3 cm³/mol. The molecule has 21 heavy (non-hydrogen) atoms. The first-order chi connectivity index (χ1) is 9.93. The summed E-state index contributed by atoms with van der Waals surface area (Å²) in [6.45, 7) is 8.53. The number of aromatic nitrogens is 2. The third kappa shape index (κ3) is 3.52. The zero-order valence-corrected chi connectivity index (χ0v) is 14.7. The molecule has 2 atom stereocenters. The minimum absolute atomic E-state index is 0.195. The van der Waals surface area contributed by atoms with Gasteiger partial charge in [-0.3, -0.25) is 0 Å². The Bertz CT molecular complexity index is 609. The predicted octanol–water partition coefficient (Wildman–Crippen LogP) is 4.16. The Morgan fingerprint density at radius 1 is 1.24 bits per heavy atom. The van der Waals surface area contributed by atoms with E-state index in [1.807, 2.05) is 19.2 Å². The maximum Gasteiger partial charge on any atom is 0.231 e. The second kappa shape index (κ2) is 6.71. The fraction of sp³-hybridized carbons (Fsp3) is 0.500. The molecule has 2 aromatic rings. The second-order valence-corrected chi connectivity index (χ2v) is 6.64. The van der Waals surface area contributed by atoms with Crippen LogP contribution in [0.15, 0.2) is 27.2 Å². The van der Waals surface area contributed by atoms with Crippen molar-refractivity contribution in [2.24, 2.45) is 5.92 Å². The number of hydrogen-bond donors (Lipinski definition) is 1. The van der Waals surface area contributed by atoms with Crippen molar-refractivity contribution in [1.29, 1.82) is 0 Å². The van der Waals surface area contributed by atoms with Crippen LogP contribution in [0.5, 0.6) is 0 Å². The van der Waals surface area contributed by atoms with Gasteiger partial charge in [0.05, 0.1) is 5.92 Å². The number of aryl methyl sites for hydroxylation is 1. The summed E-state index contributed by atoms with van der Waals surface area (Å²) in [6.07, 6.45) is 0. The van der Waals surface area contributed by atoms with E-state index in [4.69, 9.17) is 4.52 Å². The summed E-state index contributed by atoms with van der Waals surface area (Å²) in [5.74, 6) is 1.93. The van der Waals surface area contributed by atoms with Gasteiger partial charge in [-0.05, 0) is 44.5 Å². The van der Waals surface area contributed by atoms with Crippen LogP contribution >= 0.6 is 15.9 Å². The molecule has 0 aliphatic rings. The lowest BCUT2D eigenvalue weighted by Crippen LogP contribution is -2.32. The molecule has 0 radical (unpaired) electrons. The van der Waals surface area contributed by atoms with Crippen molar-refractivity contribution in [2.75, 3.05) is 7.05 Å². The average Bonchev–Trinajstić information content (AvgIpc) is 2.87. The van der Waals surface area contributed by atoms with E-state index in [1.54, 1.807) is 0 Å². The molecule has 4 nitrogen and oxygen atoms in total. The van der Waals surface area contributed by atoms with E-state index in [1.165, 1.54) is 5.56 Å². The zero-order chi connectivity index (χ0) is 15.6. The van der Waals surface area contributed by atoms with Gasteiger partial charge in [0.1, 0.15) is 0 Å². The SMILES string of the molecule is CNC(C)C(c1nc(-c2ccc(C)cc2Br)no1)C(C)C. The summed E-state index contributed by atoms with van der Waals surface area (Å²) < 4.78 is 6.51. The smallest absolute Gasteiger partial charge is 0.231 e. The van der Waals surface area contributed by atoms with Gasteiger partial charge in [0, 0.05) is 16.1 Å². The number of nitrogens with zero attached hydrogens (tertiary/aromatic N) is 2. The van der Waals surface area contributed by atoms with E-state index in [0.29, 0.717) is 17.6 Å². The van der Waals surface area contributed by atoms with E-state index in [2.05, 4.69) is 65.1 Å². The maximum absolute atomic E-state index is 5.53. The van der Waals surface area contributed by atoms with Gasteiger partial charge in [-0.1, -0.05) is 41.0 Å². The summed E-state index contributed by atoms with van der Waals surface area (Å²) in [7, 11) is 1.95. The molecule has 1 aromatic heterocycles. The van der Waals surface area contributed by atoms with Crippen molar-refractivity contribution in [3.05, 3.63) is 34.1 Å². The number of benzene rings is 1. The molecule has 2 rings (SSSR count). The molecule has 0 amide bonds. The molecule has 0 saturated heterocycles. The van der Waals surface area contributed by atoms with Crippen LogP contribution in [-0.4, -0.2) is 23.2 Å². The van der Waals surface area contributed by atoms with Gasteiger partial charge >= 0.3 is 0 Å². The van der Waals surface area contributed by atoms with Gasteiger partial charge in [0.25, 0.3) is 0 Å². The first-order valence-corrected chi connectivity index (χ1v) is 8.00. The van der Waals surface area contributed by atoms with E-state index in [9.17, 15) is 0 Å². The minimum Gasteiger partial charge on any atom is -0.339 e. The van der Waals surface area contributed by atoms with Crippen LogP contribution in [-0.2, 0) is 0 Å². The summed E-state index contributed by atoms with van der Waals surface area (Å²) in [5.41, 5.74) is 2.15. The number of nitrogens with one attached hydrogen (secondary N) is 1. The van der Waals surface area contributed by atoms with Gasteiger partial charge < -0.3 is 9.84 Å². The summed E-state index contributed by atoms with van der Waals surface area (Å²) in [4.78, 5) is 4.61. The Morgan fingerprint density at radius 2 is 1.95 bits per heavy atom. The molecule has 0 aliphatic carbocycles. The lowest BCUT2D eigenvalue weighted by Gasteiger charge is -2.23. The Labute approximate surface area is 134 Å². The van der Waals surface area contributed by atoms with Crippen molar-refractivity contribution >= 4 is 15.9 Å². The van der Waals surface area contributed by atoms with Crippen molar-refractivity contribution in [2.45, 2.75) is 39.7 Å². The standard InChI is InChI=1S/C16H22BrN3O/c1-9(2)14(11(4)18-5)16-19-15(20-21-16)12-7-6-10(3)8-13(12)17/h6-9,11,14,18H,1-5H3. The number of hydrogen-bond acceptors (Lipinski definition) is 4. The molecular formula is C16H22BrN3O. The highest BCUT2D eigenvalue weighted by molar-refractivity contribution is 9.10. The topological polar surface area (TPSA) is 51.0 Å². The number of rotatable bonds is 5. The Morgan fingerprint density at radius 3 is 2.52 bits per heavy atom. The van der Waals surface area contributed by atoms with Gasteiger partial charge in [-0.15, -0.1) is 0 Å². The fourth-order valence-corrected chi connectivity index (χ4v) is 3.21. The molecule has 0 bridgehead atoms. The largest absolute Gasteiger partial charge is 0.339 e. The number of likely N-dealkylation sites (N-methyl/N-ethyl adjacent to an activating group) is 1. The molecule has 1 N–H and O–H groups in total. The van der Waals surface area contributed by atoms with Crippen molar-refractivity contribution in [1.82, 2.24) is 15.5 Å². The van der Waals surface area contributed by atoms with Crippen LogP contribution in [0.2, 0.25) is 0 Å². The maximum atomic E-state index is 5.53. The lowest BCUT2D eigenvalue weighted by molar-refractivity contribution is 0.286.